The van der Waals surface area contributed by atoms with Crippen molar-refractivity contribution in [3.8, 4) is 11.8 Å². The summed E-state index contributed by atoms with van der Waals surface area (Å²) in [5, 5.41) is 20.9. The Morgan fingerprint density at radius 3 is 2.96 bits per heavy atom. The van der Waals surface area contributed by atoms with E-state index in [0.717, 1.165) is 12.8 Å². The zero-order chi connectivity index (χ0) is 16.9. The second-order valence-electron chi connectivity index (χ2n) is 5.72. The molecule has 24 heavy (non-hydrogen) atoms. The lowest BCUT2D eigenvalue weighted by atomic mass is 10.1. The number of phenols is 1. The van der Waals surface area contributed by atoms with Crippen LogP contribution >= 0.6 is 11.3 Å². The first-order valence-corrected chi connectivity index (χ1v) is 8.72. The highest BCUT2D eigenvalue weighted by molar-refractivity contribution is 7.12. The average molecular weight is 342 g/mol. The van der Waals surface area contributed by atoms with E-state index in [1.165, 1.54) is 11.3 Å². The topological polar surface area (TPSA) is 73.6 Å². The zero-order valence-electron chi connectivity index (χ0n) is 13.1. The third-order valence-electron chi connectivity index (χ3n) is 4.07. The van der Waals surface area contributed by atoms with E-state index in [9.17, 15) is 15.2 Å². The molecule has 2 heterocycles. The molecule has 0 radical (unpaired) electrons. The molecule has 1 saturated heterocycles. The lowest BCUT2D eigenvalue weighted by Crippen LogP contribution is -2.36. The maximum atomic E-state index is 12.9. The van der Waals surface area contributed by atoms with Crippen LogP contribution in [0, 0.1) is 11.3 Å². The van der Waals surface area contributed by atoms with Gasteiger partial charge in [0.05, 0.1) is 11.7 Å². The van der Waals surface area contributed by atoms with Crippen LogP contribution in [0.3, 0.4) is 0 Å². The van der Waals surface area contributed by atoms with E-state index in [2.05, 4.69) is 6.07 Å². The Hall–Kier alpha value is -2.36. The number of para-hydroxylation sites is 1. The number of carbonyl (C=O) groups is 1. The van der Waals surface area contributed by atoms with Crippen molar-refractivity contribution in [1.29, 1.82) is 5.26 Å². The number of hydrogen-bond acceptors (Lipinski definition) is 5. The van der Waals surface area contributed by atoms with E-state index in [4.69, 9.17) is 4.74 Å². The number of benzene rings is 1. The summed E-state index contributed by atoms with van der Waals surface area (Å²) in [5.74, 6) is -0.0328. The van der Waals surface area contributed by atoms with E-state index in [0.29, 0.717) is 29.2 Å². The van der Waals surface area contributed by atoms with Gasteiger partial charge in [0, 0.05) is 25.3 Å². The van der Waals surface area contributed by atoms with Crippen LogP contribution in [0.4, 0.5) is 0 Å². The maximum absolute atomic E-state index is 12.9. The molecule has 1 aromatic carbocycles. The van der Waals surface area contributed by atoms with Gasteiger partial charge in [-0.3, -0.25) is 4.79 Å². The Bertz CT molecular complexity index is 760. The summed E-state index contributed by atoms with van der Waals surface area (Å²) in [5.41, 5.74) is 1.07. The van der Waals surface area contributed by atoms with Crippen LogP contribution in [-0.4, -0.2) is 35.2 Å². The highest BCUT2D eigenvalue weighted by Gasteiger charge is 2.26. The molecule has 2 aromatic rings. The summed E-state index contributed by atoms with van der Waals surface area (Å²) in [6.07, 6.45) is 1.91. The second-order valence-corrected chi connectivity index (χ2v) is 6.64. The molecule has 1 aliphatic rings. The molecule has 0 saturated carbocycles. The molecule has 1 amide bonds. The van der Waals surface area contributed by atoms with Gasteiger partial charge in [-0.2, -0.15) is 5.26 Å². The van der Waals surface area contributed by atoms with Crippen molar-refractivity contribution in [2.24, 2.45) is 0 Å². The number of thiophene rings is 1. The monoisotopic (exact) mass is 342 g/mol. The third-order valence-corrected chi connectivity index (χ3v) is 4.97. The minimum absolute atomic E-state index is 0.00491. The van der Waals surface area contributed by atoms with Crippen LogP contribution in [0.2, 0.25) is 0 Å². The van der Waals surface area contributed by atoms with Crippen LogP contribution in [-0.2, 0) is 11.3 Å². The first kappa shape index (κ1) is 16.5. The van der Waals surface area contributed by atoms with Gasteiger partial charge in [-0.05, 0) is 30.4 Å². The number of rotatable bonds is 5. The fourth-order valence-corrected chi connectivity index (χ4v) is 3.62. The highest BCUT2D eigenvalue weighted by Crippen LogP contribution is 2.24. The summed E-state index contributed by atoms with van der Waals surface area (Å²) in [6, 6.07) is 10.7. The molecule has 124 valence electrons. The van der Waals surface area contributed by atoms with E-state index in [1.54, 1.807) is 34.5 Å². The minimum Gasteiger partial charge on any atom is -0.508 e. The zero-order valence-corrected chi connectivity index (χ0v) is 14.0. The third kappa shape index (κ3) is 3.58. The van der Waals surface area contributed by atoms with Crippen LogP contribution in [0.5, 0.6) is 5.75 Å². The normalized spacial score (nSPS) is 16.7. The molecule has 0 spiro atoms. The number of carbonyl (C=O) groups excluding carboxylic acids is 1. The quantitative estimate of drug-likeness (QED) is 0.906. The van der Waals surface area contributed by atoms with Crippen molar-refractivity contribution in [3.05, 3.63) is 51.7 Å². The summed E-state index contributed by atoms with van der Waals surface area (Å²) in [4.78, 5) is 15.0. The van der Waals surface area contributed by atoms with Gasteiger partial charge in [0.1, 0.15) is 16.7 Å². The Morgan fingerprint density at radius 1 is 1.42 bits per heavy atom. The Labute approximate surface area is 144 Å². The van der Waals surface area contributed by atoms with Gasteiger partial charge in [0.2, 0.25) is 0 Å². The van der Waals surface area contributed by atoms with E-state index in [1.807, 2.05) is 6.07 Å². The lowest BCUT2D eigenvalue weighted by molar-refractivity contribution is 0.0509. The lowest BCUT2D eigenvalue weighted by Gasteiger charge is -2.25. The largest absolute Gasteiger partial charge is 0.508 e. The van der Waals surface area contributed by atoms with E-state index >= 15 is 0 Å². The predicted molar refractivity (Wildman–Crippen MR) is 90.9 cm³/mol. The van der Waals surface area contributed by atoms with Gasteiger partial charge in [0.25, 0.3) is 5.91 Å². The number of ether oxygens (including phenoxy) is 1. The number of nitriles is 1. The Kier molecular flexibility index (Phi) is 5.14. The molecule has 3 rings (SSSR count). The summed E-state index contributed by atoms with van der Waals surface area (Å²) in [7, 11) is 0. The summed E-state index contributed by atoms with van der Waals surface area (Å²) >= 11 is 1.27. The van der Waals surface area contributed by atoms with Crippen molar-refractivity contribution < 1.29 is 14.6 Å². The van der Waals surface area contributed by atoms with Crippen LogP contribution in [0.25, 0.3) is 0 Å². The summed E-state index contributed by atoms with van der Waals surface area (Å²) in [6.45, 7) is 1.45. The number of hydrogen-bond donors (Lipinski definition) is 1. The molecule has 1 aliphatic heterocycles. The second kappa shape index (κ2) is 7.47. The van der Waals surface area contributed by atoms with Gasteiger partial charge >= 0.3 is 0 Å². The molecular formula is C18H18N2O3S. The maximum Gasteiger partial charge on any atom is 0.265 e. The first-order valence-electron chi connectivity index (χ1n) is 7.84. The van der Waals surface area contributed by atoms with Crippen LogP contribution in [0.15, 0.2) is 35.7 Å². The van der Waals surface area contributed by atoms with Gasteiger partial charge in [-0.25, -0.2) is 0 Å². The van der Waals surface area contributed by atoms with Gasteiger partial charge < -0.3 is 14.7 Å². The van der Waals surface area contributed by atoms with Crippen molar-refractivity contribution in [2.45, 2.75) is 25.5 Å². The molecule has 0 bridgehead atoms. The molecule has 1 N–H and O–H groups in total. The van der Waals surface area contributed by atoms with E-state index in [-0.39, 0.29) is 24.3 Å². The molecule has 5 nitrogen and oxygen atoms in total. The molecule has 1 atom stereocenters. The number of phenolic OH excluding ortho intramolecular Hbond substituents is 1. The van der Waals surface area contributed by atoms with Crippen molar-refractivity contribution in [1.82, 2.24) is 4.90 Å². The van der Waals surface area contributed by atoms with Crippen molar-refractivity contribution in [2.75, 3.05) is 13.2 Å². The Morgan fingerprint density at radius 2 is 2.25 bits per heavy atom. The van der Waals surface area contributed by atoms with Crippen molar-refractivity contribution >= 4 is 17.2 Å². The molecule has 6 heteroatoms. The highest BCUT2D eigenvalue weighted by atomic mass is 32.1. The van der Waals surface area contributed by atoms with E-state index < -0.39 is 0 Å². The van der Waals surface area contributed by atoms with Crippen molar-refractivity contribution in [3.63, 3.8) is 0 Å². The standard InChI is InChI=1S/C18H18N2O3S/c19-10-13-7-9-24-17(13)18(22)20(12-15-5-3-8-23-15)11-14-4-1-2-6-16(14)21/h1-2,4,6-7,9,15,21H,3,5,8,11-12H2/t15-/m0/s1. The van der Waals surface area contributed by atoms with Gasteiger partial charge in [0.15, 0.2) is 0 Å². The fraction of sp³-hybridized carbons (Fsp3) is 0.333. The fourth-order valence-electron chi connectivity index (χ4n) is 2.81. The first-order chi connectivity index (χ1) is 11.7. The Balaban J connectivity index is 1.85. The number of amides is 1. The molecule has 1 fully saturated rings. The van der Waals surface area contributed by atoms with Crippen LogP contribution in [0.1, 0.15) is 33.6 Å². The SMILES string of the molecule is N#Cc1ccsc1C(=O)N(Cc1ccccc1O)C[C@@H]1CCCO1. The summed E-state index contributed by atoms with van der Waals surface area (Å²) < 4.78 is 5.66. The number of nitrogens with zero attached hydrogens (tertiary/aromatic N) is 2. The molecule has 1 aromatic heterocycles. The predicted octanol–water partition coefficient (Wildman–Crippen LogP) is 3.15. The minimum atomic E-state index is -0.194. The van der Waals surface area contributed by atoms with Gasteiger partial charge in [-0.1, -0.05) is 18.2 Å². The molecular weight excluding hydrogens is 324 g/mol. The van der Waals surface area contributed by atoms with Gasteiger partial charge in [-0.15, -0.1) is 11.3 Å². The smallest absolute Gasteiger partial charge is 0.265 e. The molecule has 0 unspecified atom stereocenters. The number of aromatic hydroxyl groups is 1. The van der Waals surface area contributed by atoms with Crippen LogP contribution < -0.4 is 0 Å². The average Bonchev–Trinajstić information content (AvgIpc) is 3.26. The molecule has 0 aliphatic carbocycles.